The van der Waals surface area contributed by atoms with Crippen LogP contribution >= 0.6 is 11.6 Å². The standard InChI is InChI=1S/C13H22ClN3O2/c1-3-11-9(4-6-19-11)12(15)13-10(14)8-16-17(13)5-7-18-2/h8-9,11-12H,3-7,15H2,1-2H3. The van der Waals surface area contributed by atoms with Crippen LogP contribution in [0.25, 0.3) is 0 Å². The molecule has 1 aromatic rings. The predicted molar refractivity (Wildman–Crippen MR) is 74.2 cm³/mol. The van der Waals surface area contributed by atoms with Gasteiger partial charge in [-0.2, -0.15) is 5.10 Å². The van der Waals surface area contributed by atoms with Crippen LogP contribution < -0.4 is 5.73 Å². The van der Waals surface area contributed by atoms with Crippen molar-refractivity contribution in [3.63, 3.8) is 0 Å². The van der Waals surface area contributed by atoms with Gasteiger partial charge in [0.2, 0.25) is 0 Å². The maximum absolute atomic E-state index is 6.42. The van der Waals surface area contributed by atoms with E-state index in [-0.39, 0.29) is 12.1 Å². The third-order valence-electron chi connectivity index (χ3n) is 3.78. The smallest absolute Gasteiger partial charge is 0.0834 e. The fourth-order valence-electron chi connectivity index (χ4n) is 2.76. The average molecular weight is 288 g/mol. The minimum atomic E-state index is -0.140. The van der Waals surface area contributed by atoms with Crippen LogP contribution in [0, 0.1) is 5.92 Å². The zero-order chi connectivity index (χ0) is 13.8. The summed E-state index contributed by atoms with van der Waals surface area (Å²) in [5.74, 6) is 0.306. The second-order valence-corrected chi connectivity index (χ2v) is 5.30. The lowest BCUT2D eigenvalue weighted by molar-refractivity contribution is 0.0803. The summed E-state index contributed by atoms with van der Waals surface area (Å²) in [6.45, 7) is 4.16. The lowest BCUT2D eigenvalue weighted by atomic mass is 9.90. The summed E-state index contributed by atoms with van der Waals surface area (Å²) < 4.78 is 12.7. The van der Waals surface area contributed by atoms with Crippen LogP contribution in [-0.2, 0) is 16.0 Å². The number of nitrogens with zero attached hydrogens (tertiary/aromatic N) is 2. The van der Waals surface area contributed by atoms with Crippen molar-refractivity contribution < 1.29 is 9.47 Å². The van der Waals surface area contributed by atoms with Gasteiger partial charge in [-0.25, -0.2) is 0 Å². The molecule has 108 valence electrons. The van der Waals surface area contributed by atoms with Crippen molar-refractivity contribution in [2.75, 3.05) is 20.3 Å². The maximum Gasteiger partial charge on any atom is 0.0834 e. The Morgan fingerprint density at radius 1 is 1.68 bits per heavy atom. The lowest BCUT2D eigenvalue weighted by Gasteiger charge is -2.24. The van der Waals surface area contributed by atoms with Gasteiger partial charge in [-0.05, 0) is 12.8 Å². The highest BCUT2D eigenvalue weighted by Gasteiger charge is 2.35. The summed E-state index contributed by atoms with van der Waals surface area (Å²) in [5.41, 5.74) is 7.31. The first kappa shape index (κ1) is 14.8. The van der Waals surface area contributed by atoms with E-state index in [1.807, 2.05) is 4.68 Å². The van der Waals surface area contributed by atoms with Gasteiger partial charge < -0.3 is 15.2 Å². The van der Waals surface area contributed by atoms with E-state index < -0.39 is 0 Å². The van der Waals surface area contributed by atoms with Gasteiger partial charge in [0.1, 0.15) is 0 Å². The van der Waals surface area contributed by atoms with E-state index in [0.717, 1.165) is 25.1 Å². The maximum atomic E-state index is 6.42. The van der Waals surface area contributed by atoms with Gasteiger partial charge in [-0.3, -0.25) is 4.68 Å². The molecule has 6 heteroatoms. The summed E-state index contributed by atoms with van der Waals surface area (Å²) >= 11 is 6.24. The van der Waals surface area contributed by atoms with Gasteiger partial charge in [-0.1, -0.05) is 18.5 Å². The molecule has 1 aliphatic heterocycles. The molecule has 1 fully saturated rings. The zero-order valence-electron chi connectivity index (χ0n) is 11.5. The molecule has 5 nitrogen and oxygen atoms in total. The molecular weight excluding hydrogens is 266 g/mol. The molecule has 0 amide bonds. The molecule has 0 aliphatic carbocycles. The number of hydrogen-bond donors (Lipinski definition) is 1. The van der Waals surface area contributed by atoms with Gasteiger partial charge in [0.25, 0.3) is 0 Å². The molecule has 2 rings (SSSR count). The normalized spacial score (nSPS) is 24.8. The predicted octanol–water partition coefficient (Wildman–Crippen LogP) is 2.00. The third kappa shape index (κ3) is 3.11. The first-order valence-electron chi connectivity index (χ1n) is 6.76. The van der Waals surface area contributed by atoms with Crippen molar-refractivity contribution in [1.82, 2.24) is 9.78 Å². The van der Waals surface area contributed by atoms with E-state index in [1.165, 1.54) is 0 Å². The number of halogens is 1. The number of methoxy groups -OCH3 is 1. The Hall–Kier alpha value is -0.620. The largest absolute Gasteiger partial charge is 0.383 e. The van der Waals surface area contributed by atoms with E-state index >= 15 is 0 Å². The molecule has 0 aromatic carbocycles. The number of aromatic nitrogens is 2. The second-order valence-electron chi connectivity index (χ2n) is 4.89. The summed E-state index contributed by atoms with van der Waals surface area (Å²) in [4.78, 5) is 0. The zero-order valence-corrected chi connectivity index (χ0v) is 12.3. The van der Waals surface area contributed by atoms with Crippen molar-refractivity contribution in [2.24, 2.45) is 11.7 Å². The molecule has 0 radical (unpaired) electrons. The number of ether oxygens (including phenoxy) is 2. The van der Waals surface area contributed by atoms with E-state index in [0.29, 0.717) is 24.1 Å². The molecule has 1 saturated heterocycles. The van der Waals surface area contributed by atoms with Gasteiger partial charge in [0.05, 0.1) is 42.2 Å². The van der Waals surface area contributed by atoms with Crippen molar-refractivity contribution in [3.05, 3.63) is 16.9 Å². The molecule has 0 bridgehead atoms. The highest BCUT2D eigenvalue weighted by Crippen LogP contribution is 2.35. The van der Waals surface area contributed by atoms with Crippen LogP contribution in [0.3, 0.4) is 0 Å². The van der Waals surface area contributed by atoms with E-state index in [9.17, 15) is 0 Å². The van der Waals surface area contributed by atoms with Crippen molar-refractivity contribution in [3.8, 4) is 0 Å². The Morgan fingerprint density at radius 2 is 2.47 bits per heavy atom. The third-order valence-corrected chi connectivity index (χ3v) is 4.07. The molecule has 3 atom stereocenters. The Kier molecular flexibility index (Phi) is 5.21. The average Bonchev–Trinajstić information content (AvgIpc) is 3.02. The van der Waals surface area contributed by atoms with Crippen LogP contribution in [-0.4, -0.2) is 36.2 Å². The fourth-order valence-corrected chi connectivity index (χ4v) is 3.03. The van der Waals surface area contributed by atoms with E-state index in [4.69, 9.17) is 26.8 Å². The molecule has 1 aromatic heterocycles. The van der Waals surface area contributed by atoms with Crippen molar-refractivity contribution in [2.45, 2.75) is 38.5 Å². The molecule has 2 heterocycles. The number of hydrogen-bond acceptors (Lipinski definition) is 4. The van der Waals surface area contributed by atoms with Gasteiger partial charge in [0.15, 0.2) is 0 Å². The second kappa shape index (κ2) is 6.70. The highest BCUT2D eigenvalue weighted by atomic mass is 35.5. The SMILES string of the molecule is CCC1OCCC1C(N)c1c(Cl)cnn1CCOC. The van der Waals surface area contributed by atoms with Crippen molar-refractivity contribution in [1.29, 1.82) is 0 Å². The summed E-state index contributed by atoms with van der Waals surface area (Å²) in [7, 11) is 1.67. The van der Waals surface area contributed by atoms with E-state index in [2.05, 4.69) is 12.0 Å². The number of rotatable bonds is 6. The first-order chi connectivity index (χ1) is 9.19. The number of nitrogens with two attached hydrogens (primary N) is 1. The Labute approximate surface area is 119 Å². The Balaban J connectivity index is 2.17. The van der Waals surface area contributed by atoms with Gasteiger partial charge >= 0.3 is 0 Å². The molecule has 0 spiro atoms. The Morgan fingerprint density at radius 3 is 3.16 bits per heavy atom. The molecule has 2 N–H and O–H groups in total. The van der Waals surface area contributed by atoms with Crippen molar-refractivity contribution >= 4 is 11.6 Å². The minimum Gasteiger partial charge on any atom is -0.383 e. The molecule has 1 aliphatic rings. The van der Waals surface area contributed by atoms with E-state index in [1.54, 1.807) is 13.3 Å². The summed E-state index contributed by atoms with van der Waals surface area (Å²) in [5, 5.41) is 4.91. The fraction of sp³-hybridized carbons (Fsp3) is 0.769. The van der Waals surface area contributed by atoms with Gasteiger partial charge in [-0.15, -0.1) is 0 Å². The van der Waals surface area contributed by atoms with Gasteiger partial charge in [0, 0.05) is 19.6 Å². The first-order valence-corrected chi connectivity index (χ1v) is 7.14. The molecule has 0 saturated carbocycles. The van der Waals surface area contributed by atoms with Crippen LogP contribution in [0.2, 0.25) is 5.02 Å². The van der Waals surface area contributed by atoms with Crippen LogP contribution in [0.15, 0.2) is 6.20 Å². The minimum absolute atomic E-state index is 0.140. The van der Waals surface area contributed by atoms with Crippen LogP contribution in [0.4, 0.5) is 0 Å². The topological polar surface area (TPSA) is 62.3 Å². The quantitative estimate of drug-likeness (QED) is 0.869. The molecular formula is C13H22ClN3O2. The molecule has 3 unspecified atom stereocenters. The highest BCUT2D eigenvalue weighted by molar-refractivity contribution is 6.31. The van der Waals surface area contributed by atoms with Crippen LogP contribution in [0.1, 0.15) is 31.5 Å². The Bertz CT molecular complexity index is 411. The summed E-state index contributed by atoms with van der Waals surface area (Å²) in [6.07, 6.45) is 3.83. The van der Waals surface area contributed by atoms with Crippen LogP contribution in [0.5, 0.6) is 0 Å². The lowest BCUT2D eigenvalue weighted by Crippen LogP contribution is -2.30. The molecule has 19 heavy (non-hydrogen) atoms. The summed E-state index contributed by atoms with van der Waals surface area (Å²) in [6, 6.07) is -0.140. The monoisotopic (exact) mass is 287 g/mol.